The van der Waals surface area contributed by atoms with Crippen molar-refractivity contribution in [1.82, 2.24) is 45.1 Å². The monoisotopic (exact) mass is 1120 g/mol. The number of amides is 3. The van der Waals surface area contributed by atoms with Crippen LogP contribution in [-0.2, 0) is 44.3 Å². The topological polar surface area (TPSA) is 251 Å². The van der Waals surface area contributed by atoms with Crippen LogP contribution in [0.15, 0.2) is 86.9 Å². The molecule has 0 aliphatic carbocycles. The fourth-order valence-electron chi connectivity index (χ4n) is 11.4. The first-order chi connectivity index (χ1) is 37.6. The number of β-amino-alcohol motifs (C(OH)–C–C–N with tert-alkyl or cyclic N) is 1. The van der Waals surface area contributed by atoms with Crippen molar-refractivity contribution >= 4 is 67.1 Å². The molecule has 11 rings (SSSR count). The Hall–Kier alpha value is -7.67. The largest absolute Gasteiger partial charge is 0.474 e. The number of aliphatic imine (C=N–C) groups is 1. The summed E-state index contributed by atoms with van der Waals surface area (Å²) in [6.07, 6.45) is 5.05. The van der Waals surface area contributed by atoms with Crippen LogP contribution in [0.5, 0.6) is 5.88 Å². The molecular formula is C55H57F2N11O9S2. The molecule has 7 aromatic rings. The van der Waals surface area contributed by atoms with Gasteiger partial charge in [0.2, 0.25) is 5.91 Å². The lowest BCUT2D eigenvalue weighted by molar-refractivity contribution is -0.134. The summed E-state index contributed by atoms with van der Waals surface area (Å²) in [6.45, 7) is 9.05. The molecule has 2 aromatic carbocycles. The van der Waals surface area contributed by atoms with Crippen LogP contribution < -0.4 is 25.8 Å². The zero-order chi connectivity index (χ0) is 55.8. The molecule has 9 heterocycles. The number of H-pyrrole nitrogens is 1. The summed E-state index contributed by atoms with van der Waals surface area (Å²) >= 11 is 1.54. The first-order valence-electron chi connectivity index (χ1n) is 25.8. The van der Waals surface area contributed by atoms with E-state index >= 15 is 4.39 Å². The van der Waals surface area contributed by atoms with Gasteiger partial charge in [0.25, 0.3) is 23.3 Å². The van der Waals surface area contributed by atoms with Gasteiger partial charge in [-0.1, -0.05) is 38.1 Å². The van der Waals surface area contributed by atoms with Crippen LogP contribution in [0.3, 0.4) is 0 Å². The number of aromatic amines is 1. The van der Waals surface area contributed by atoms with E-state index in [1.54, 1.807) is 48.9 Å². The van der Waals surface area contributed by atoms with E-state index in [1.807, 2.05) is 45.0 Å². The van der Waals surface area contributed by atoms with Gasteiger partial charge >= 0.3 is 0 Å². The van der Waals surface area contributed by atoms with Crippen LogP contribution in [0.2, 0.25) is 0 Å². The van der Waals surface area contributed by atoms with Crippen LogP contribution >= 0.6 is 11.3 Å². The minimum absolute atomic E-state index is 0.0244. The molecule has 4 aliphatic heterocycles. The third kappa shape index (κ3) is 10.1. The zero-order valence-electron chi connectivity index (χ0n) is 44.0. The lowest BCUT2D eigenvalue weighted by Gasteiger charge is -2.31. The van der Waals surface area contributed by atoms with Crippen LogP contribution in [0, 0.1) is 24.5 Å². The molecule has 0 radical (unpaired) electrons. The predicted octanol–water partition coefficient (Wildman–Crippen LogP) is 5.85. The number of benzene rings is 2. The van der Waals surface area contributed by atoms with E-state index in [-0.39, 0.29) is 83.6 Å². The van der Waals surface area contributed by atoms with Crippen molar-refractivity contribution in [1.29, 1.82) is 0 Å². The number of anilines is 2. The number of fused-ring (bicyclic) bond motifs is 2. The van der Waals surface area contributed by atoms with Crippen LogP contribution in [0.4, 0.5) is 20.3 Å². The third-order valence-electron chi connectivity index (χ3n) is 15.3. The summed E-state index contributed by atoms with van der Waals surface area (Å²) in [5.41, 5.74) is 5.21. The number of halogens is 2. The number of aryl methyl sites for hydroxylation is 2. The van der Waals surface area contributed by atoms with Crippen molar-refractivity contribution < 1.29 is 45.9 Å². The molecule has 20 nitrogen and oxygen atoms in total. The molecular weight excluding hydrogens is 1060 g/mol. The Morgan fingerprint density at radius 3 is 2.58 bits per heavy atom. The lowest BCUT2D eigenvalue weighted by Crippen LogP contribution is -2.51. The summed E-state index contributed by atoms with van der Waals surface area (Å²) in [7, 11) is -2.15. The number of pyridine rings is 2. The van der Waals surface area contributed by atoms with Crippen molar-refractivity contribution in [2.45, 2.75) is 82.5 Å². The van der Waals surface area contributed by atoms with Crippen LogP contribution in [0.25, 0.3) is 32.5 Å². The highest BCUT2D eigenvalue weighted by Crippen LogP contribution is 2.45. The Balaban J connectivity index is 0.753. The number of hydrogen-bond donors (Lipinski definition) is 4. The van der Waals surface area contributed by atoms with Gasteiger partial charge in [0.05, 0.1) is 52.4 Å². The maximum atomic E-state index is 15.7. The minimum atomic E-state index is -3.72. The molecule has 0 bridgehead atoms. The molecule has 412 valence electrons. The van der Waals surface area contributed by atoms with Gasteiger partial charge < -0.3 is 44.4 Å². The second kappa shape index (κ2) is 20.5. The van der Waals surface area contributed by atoms with Crippen molar-refractivity contribution in [3.63, 3.8) is 0 Å². The third-order valence-corrected chi connectivity index (χ3v) is 17.1. The van der Waals surface area contributed by atoms with Gasteiger partial charge in [-0.2, -0.15) is 4.99 Å². The molecule has 4 aliphatic rings. The number of sulfone groups is 1. The number of likely N-dealkylation sites (tertiary alicyclic amines) is 2. The number of nitrogens with zero attached hydrogens (tertiary/aromatic N) is 8. The summed E-state index contributed by atoms with van der Waals surface area (Å²) in [4.78, 5) is 77.9. The van der Waals surface area contributed by atoms with Crippen molar-refractivity contribution in [3.05, 3.63) is 128 Å². The second-order valence-corrected chi connectivity index (χ2v) is 24.3. The Morgan fingerprint density at radius 1 is 1.08 bits per heavy atom. The van der Waals surface area contributed by atoms with E-state index in [2.05, 4.69) is 40.6 Å². The van der Waals surface area contributed by atoms with E-state index in [0.717, 1.165) is 28.6 Å². The normalized spacial score (nSPS) is 20.7. The fraction of sp³-hybridized carbons (Fsp3) is 0.382. The Kier molecular flexibility index (Phi) is 13.9. The molecule has 0 unspecified atom stereocenters. The average Bonchev–Trinajstić information content (AvgIpc) is 4.32. The summed E-state index contributed by atoms with van der Waals surface area (Å²) in [5.74, 6) is -4.26. The number of ether oxygens (including phenoxy) is 1. The number of carbonyl (C=O) groups is 3. The fourth-order valence-corrected chi connectivity index (χ4v) is 13.0. The van der Waals surface area contributed by atoms with E-state index in [1.165, 1.54) is 26.9 Å². The van der Waals surface area contributed by atoms with Gasteiger partial charge in [-0.3, -0.25) is 24.1 Å². The quantitative estimate of drug-likeness (QED) is 0.0940. The lowest BCUT2D eigenvalue weighted by atomic mass is 9.90. The molecule has 0 saturated carbocycles. The molecule has 4 N–H and O–H groups in total. The molecule has 5 atom stereocenters. The Bertz CT molecular complexity index is 3800. The molecule has 2 saturated heterocycles. The van der Waals surface area contributed by atoms with Gasteiger partial charge in [-0.15, -0.1) is 11.3 Å². The van der Waals surface area contributed by atoms with E-state index < -0.39 is 62.6 Å². The van der Waals surface area contributed by atoms with Crippen molar-refractivity contribution in [3.8, 4) is 27.4 Å². The number of amidine groups is 1. The van der Waals surface area contributed by atoms with Gasteiger partial charge in [0.15, 0.2) is 27.2 Å². The zero-order valence-corrected chi connectivity index (χ0v) is 45.7. The number of aliphatic hydroxyl groups excluding tert-OH is 1. The van der Waals surface area contributed by atoms with E-state index in [0.29, 0.717) is 71.3 Å². The highest BCUT2D eigenvalue weighted by molar-refractivity contribution is 7.89. The maximum absolute atomic E-state index is 15.7. The van der Waals surface area contributed by atoms with Crippen LogP contribution in [0.1, 0.15) is 78.0 Å². The molecule has 0 spiro atoms. The van der Waals surface area contributed by atoms with E-state index in [4.69, 9.17) is 9.26 Å². The van der Waals surface area contributed by atoms with Gasteiger partial charge in [0.1, 0.15) is 35.2 Å². The summed E-state index contributed by atoms with van der Waals surface area (Å²) in [5, 5.41) is 22.0. The first-order valence-corrected chi connectivity index (χ1v) is 28.7. The molecule has 79 heavy (non-hydrogen) atoms. The second-order valence-electron chi connectivity index (χ2n) is 21.4. The molecule has 5 aromatic heterocycles. The highest BCUT2D eigenvalue weighted by Gasteiger charge is 2.49. The van der Waals surface area contributed by atoms with Crippen molar-refractivity contribution in [2.24, 2.45) is 18.0 Å². The van der Waals surface area contributed by atoms with E-state index in [9.17, 15) is 37.1 Å². The predicted molar refractivity (Wildman–Crippen MR) is 291 cm³/mol. The summed E-state index contributed by atoms with van der Waals surface area (Å²) < 4.78 is 69.0. The number of carbonyl (C=O) groups excluding carboxylic acids is 3. The molecule has 24 heteroatoms. The SMILES string of the molecule is Cc1ncsc1-c1ccc([C@@]2(C)NC([C@@H]3C[C@@H](O)CN3C(=O)[C@@H](c3cc(OCCN4CC[C@H](NC(=O)c5cc6c(cc5CS(C)(=O)=O)-c5cn(C)c(=O)c7[nH]cc(c57)CN6c5ncc(F)cc5F)C4)no3)C(C)C)=NC2=O)cc1. The molecule has 3 amide bonds. The highest BCUT2D eigenvalue weighted by atomic mass is 32.2. The number of rotatable bonds is 15. The van der Waals surface area contributed by atoms with Gasteiger partial charge in [-0.05, 0) is 65.7 Å². The number of nitrogens with one attached hydrogen (secondary N) is 3. The Morgan fingerprint density at radius 2 is 1.86 bits per heavy atom. The summed E-state index contributed by atoms with van der Waals surface area (Å²) in [6, 6.07) is 12.0. The van der Waals surface area contributed by atoms with Gasteiger partial charge in [-0.25, -0.2) is 27.2 Å². The first kappa shape index (κ1) is 53.3. The van der Waals surface area contributed by atoms with Gasteiger partial charge in [0, 0.05) is 98.5 Å². The van der Waals surface area contributed by atoms with Crippen LogP contribution in [-0.4, -0.2) is 129 Å². The molecule has 2 fully saturated rings. The van der Waals surface area contributed by atoms with Crippen molar-refractivity contribution in [2.75, 3.05) is 43.9 Å². The maximum Gasteiger partial charge on any atom is 0.277 e. The number of aromatic nitrogens is 5. The average molecular weight is 1120 g/mol. The smallest absolute Gasteiger partial charge is 0.277 e. The number of aliphatic hydroxyl groups is 1. The standard InChI is InChI=1S/C55H57F2N11O9S2/c1-28(2)45(52(71)68-24-36(69)17-42(68)49-62-54(73)55(4,63-49)33-9-7-30(8-10-33)48-29(3)60-27-78-48)43-19-44(64-77-43)76-14-13-66-12-11-35(23-66)61-51(70)37-18-41-38(15-31(37)26-79(6,74)75)39-25-65(5)53(72)47-46(39)32(20-58-47)22-67(41)50-40(57)16-34(56)21-59-50/h7-10,15-16,18-21,25,27-28,35-36,42,45,58,69H,11-14,17,22-24,26H2,1-6H3,(H,61,70)(H,62,63,73)/t35-,36+,42-,45+,55+/m0/s1. The minimum Gasteiger partial charge on any atom is -0.474 e. The Labute approximate surface area is 456 Å². The number of thiazole rings is 1. The number of hydrogen-bond acceptors (Lipinski definition) is 16.